The molecular weight excluding hydrogens is 329 g/mol. The lowest BCUT2D eigenvalue weighted by molar-refractivity contribution is 0.629. The van der Waals surface area contributed by atoms with Crippen LogP contribution in [0.3, 0.4) is 0 Å². The quantitative estimate of drug-likeness (QED) is 0.750. The first kappa shape index (κ1) is 16.7. The minimum Gasteiger partial charge on any atom is -0.351 e. The van der Waals surface area contributed by atoms with Crippen molar-refractivity contribution in [3.05, 3.63) is 59.6 Å². The Kier molecular flexibility index (Phi) is 3.98. The van der Waals surface area contributed by atoms with Gasteiger partial charge in [0.25, 0.3) is 0 Å². The number of hydrogen-bond donors (Lipinski definition) is 1. The molecule has 1 saturated carbocycles. The van der Waals surface area contributed by atoms with Crippen LogP contribution in [0.25, 0.3) is 11.2 Å². The van der Waals surface area contributed by atoms with E-state index in [4.69, 9.17) is 0 Å². The highest BCUT2D eigenvalue weighted by atomic mass is 19.1. The van der Waals surface area contributed by atoms with Gasteiger partial charge in [-0.05, 0) is 51.2 Å². The Bertz CT molecular complexity index is 1000. The summed E-state index contributed by atoms with van der Waals surface area (Å²) in [4.78, 5) is 13.1. The van der Waals surface area contributed by atoms with Crippen LogP contribution >= 0.6 is 0 Å². The molecule has 4 rings (SSSR count). The number of rotatable bonds is 5. The van der Waals surface area contributed by atoms with Crippen LogP contribution in [-0.2, 0) is 0 Å². The molecule has 134 valence electrons. The average molecular weight is 351 g/mol. The van der Waals surface area contributed by atoms with Gasteiger partial charge < -0.3 is 9.72 Å². The average Bonchev–Trinajstić information content (AvgIpc) is 3.39. The fourth-order valence-electron chi connectivity index (χ4n) is 3.23. The van der Waals surface area contributed by atoms with Crippen molar-refractivity contribution in [2.24, 2.45) is 5.92 Å². The predicted octanol–water partition coefficient (Wildman–Crippen LogP) is 4.15. The van der Waals surface area contributed by atoms with Gasteiger partial charge in [-0.1, -0.05) is 6.58 Å². The molecule has 0 amide bonds. The van der Waals surface area contributed by atoms with Gasteiger partial charge in [0.2, 0.25) is 5.95 Å². The zero-order valence-corrected chi connectivity index (χ0v) is 15.3. The largest absolute Gasteiger partial charge is 0.351 e. The Morgan fingerprint density at radius 1 is 1.31 bits per heavy atom. The molecule has 0 spiro atoms. The van der Waals surface area contributed by atoms with Crippen LogP contribution in [0.2, 0.25) is 0 Å². The van der Waals surface area contributed by atoms with E-state index >= 15 is 0 Å². The van der Waals surface area contributed by atoms with Crippen molar-refractivity contribution < 1.29 is 4.39 Å². The van der Waals surface area contributed by atoms with Crippen molar-refractivity contribution in [1.82, 2.24) is 19.4 Å². The maximum Gasteiger partial charge on any atom is 0.223 e. The molecule has 1 N–H and O–H groups in total. The van der Waals surface area contributed by atoms with Gasteiger partial charge in [-0.25, -0.2) is 19.3 Å². The highest BCUT2D eigenvalue weighted by Gasteiger charge is 2.28. The Morgan fingerprint density at radius 3 is 2.77 bits per heavy atom. The molecule has 6 heteroatoms. The third-order valence-electron chi connectivity index (χ3n) is 5.08. The summed E-state index contributed by atoms with van der Waals surface area (Å²) in [6, 6.07) is 1.84. The number of anilines is 1. The molecule has 0 unspecified atom stereocenters. The minimum absolute atomic E-state index is 0.320. The van der Waals surface area contributed by atoms with Crippen molar-refractivity contribution in [2.45, 2.75) is 39.7 Å². The lowest BCUT2D eigenvalue weighted by atomic mass is 10.0. The minimum atomic E-state index is -0.369. The topological polar surface area (TPSA) is 55.1 Å². The Balaban J connectivity index is 1.64. The molecule has 0 aromatic carbocycles. The highest BCUT2D eigenvalue weighted by Crippen LogP contribution is 2.33. The van der Waals surface area contributed by atoms with E-state index in [-0.39, 0.29) is 5.82 Å². The summed E-state index contributed by atoms with van der Waals surface area (Å²) in [7, 11) is 0. The number of imidazole rings is 1. The smallest absolute Gasteiger partial charge is 0.223 e. The second-order valence-corrected chi connectivity index (χ2v) is 7.11. The van der Waals surface area contributed by atoms with Crippen LogP contribution in [0.5, 0.6) is 0 Å². The zero-order chi connectivity index (χ0) is 18.4. The van der Waals surface area contributed by atoms with Crippen molar-refractivity contribution in [1.29, 1.82) is 0 Å². The number of pyridine rings is 1. The maximum absolute atomic E-state index is 14.4. The SMILES string of the molecule is C=C(c1cc(F)c2ncc(C)n2c1)c1cnc(N[C@H](C)C2CC2)nc1C. The molecule has 0 saturated heterocycles. The number of nitrogens with zero attached hydrogens (tertiary/aromatic N) is 4. The van der Waals surface area contributed by atoms with E-state index in [2.05, 4.69) is 33.8 Å². The van der Waals surface area contributed by atoms with E-state index < -0.39 is 0 Å². The molecule has 26 heavy (non-hydrogen) atoms. The number of nitrogens with one attached hydrogen (secondary N) is 1. The van der Waals surface area contributed by atoms with Crippen molar-refractivity contribution in [2.75, 3.05) is 5.32 Å². The number of halogens is 1. The van der Waals surface area contributed by atoms with E-state index in [9.17, 15) is 4.39 Å². The number of hydrogen-bond acceptors (Lipinski definition) is 4. The van der Waals surface area contributed by atoms with E-state index in [0.717, 1.165) is 22.9 Å². The van der Waals surface area contributed by atoms with E-state index in [0.29, 0.717) is 28.8 Å². The summed E-state index contributed by atoms with van der Waals surface area (Å²) >= 11 is 0. The second kappa shape index (κ2) is 6.20. The Labute approximate surface area is 152 Å². The van der Waals surface area contributed by atoms with E-state index in [1.54, 1.807) is 16.8 Å². The third-order valence-corrected chi connectivity index (χ3v) is 5.08. The summed E-state index contributed by atoms with van der Waals surface area (Å²) in [6.07, 6.45) is 7.80. The molecule has 0 bridgehead atoms. The maximum atomic E-state index is 14.4. The van der Waals surface area contributed by atoms with Gasteiger partial charge >= 0.3 is 0 Å². The molecule has 1 fully saturated rings. The summed E-state index contributed by atoms with van der Waals surface area (Å²) < 4.78 is 16.1. The third kappa shape index (κ3) is 2.96. The van der Waals surface area contributed by atoms with Gasteiger partial charge in [0.05, 0.1) is 5.69 Å². The molecule has 0 radical (unpaired) electrons. The number of aromatic nitrogens is 4. The standard InChI is InChI=1S/C20H22FN5/c1-11-8-22-19-18(21)7-16(10-26(11)19)12(2)17-9-23-20(25-14(17)4)24-13(3)15-5-6-15/h7-10,13,15H,2,5-6H2,1,3-4H3,(H,23,24,25)/t13-/m1/s1. The van der Waals surface area contributed by atoms with Gasteiger partial charge in [-0.3, -0.25) is 0 Å². The first-order valence-electron chi connectivity index (χ1n) is 8.87. The van der Waals surface area contributed by atoms with Gasteiger partial charge in [0.15, 0.2) is 11.5 Å². The summed E-state index contributed by atoms with van der Waals surface area (Å²) in [5.74, 6) is 0.985. The van der Waals surface area contributed by atoms with Crippen LogP contribution in [0.1, 0.15) is 42.3 Å². The number of aryl methyl sites for hydroxylation is 2. The fourth-order valence-corrected chi connectivity index (χ4v) is 3.23. The van der Waals surface area contributed by atoms with E-state index in [1.165, 1.54) is 18.9 Å². The monoisotopic (exact) mass is 351 g/mol. The lowest BCUT2D eigenvalue weighted by Crippen LogP contribution is -2.19. The van der Waals surface area contributed by atoms with Gasteiger partial charge in [-0.2, -0.15) is 0 Å². The fraction of sp³-hybridized carbons (Fsp3) is 0.350. The van der Waals surface area contributed by atoms with Crippen molar-refractivity contribution >= 4 is 17.2 Å². The highest BCUT2D eigenvalue weighted by molar-refractivity contribution is 5.79. The van der Waals surface area contributed by atoms with E-state index in [1.807, 2.05) is 20.0 Å². The molecule has 3 heterocycles. The van der Waals surface area contributed by atoms with Crippen LogP contribution in [0.4, 0.5) is 10.3 Å². The normalized spacial score (nSPS) is 15.2. The Morgan fingerprint density at radius 2 is 2.08 bits per heavy atom. The first-order valence-corrected chi connectivity index (χ1v) is 8.87. The molecule has 1 aliphatic rings. The van der Waals surface area contributed by atoms with Crippen molar-refractivity contribution in [3.8, 4) is 0 Å². The van der Waals surface area contributed by atoms with Gasteiger partial charge in [0, 0.05) is 41.5 Å². The van der Waals surface area contributed by atoms with Gasteiger partial charge in [-0.15, -0.1) is 0 Å². The molecule has 3 aromatic heterocycles. The van der Waals surface area contributed by atoms with Crippen LogP contribution in [0.15, 0.2) is 31.2 Å². The second-order valence-electron chi connectivity index (χ2n) is 7.11. The molecule has 0 aliphatic heterocycles. The lowest BCUT2D eigenvalue weighted by Gasteiger charge is -2.15. The van der Waals surface area contributed by atoms with Crippen LogP contribution < -0.4 is 5.32 Å². The summed E-state index contributed by atoms with van der Waals surface area (Å²) in [6.45, 7) is 10.1. The first-order chi connectivity index (χ1) is 12.4. The van der Waals surface area contributed by atoms with Crippen molar-refractivity contribution in [3.63, 3.8) is 0 Å². The molecule has 1 atom stereocenters. The molecule has 5 nitrogen and oxygen atoms in total. The van der Waals surface area contributed by atoms with Crippen LogP contribution in [0, 0.1) is 25.6 Å². The van der Waals surface area contributed by atoms with Crippen LogP contribution in [-0.4, -0.2) is 25.4 Å². The molecular formula is C20H22FN5. The summed E-state index contributed by atoms with van der Waals surface area (Å²) in [5, 5.41) is 3.36. The summed E-state index contributed by atoms with van der Waals surface area (Å²) in [5.41, 5.74) is 4.20. The Hall–Kier alpha value is -2.76. The predicted molar refractivity (Wildman–Crippen MR) is 101 cm³/mol. The molecule has 3 aromatic rings. The molecule has 1 aliphatic carbocycles. The number of fused-ring (bicyclic) bond motifs is 1. The zero-order valence-electron chi connectivity index (χ0n) is 15.3. The van der Waals surface area contributed by atoms with Gasteiger partial charge in [0.1, 0.15) is 0 Å².